The van der Waals surface area contributed by atoms with Crippen LogP contribution >= 0.6 is 22.6 Å². The van der Waals surface area contributed by atoms with Crippen LogP contribution in [0, 0.1) is 3.57 Å². The summed E-state index contributed by atoms with van der Waals surface area (Å²) in [6, 6.07) is 8.34. The number of hydrogen-bond acceptors (Lipinski definition) is 2. The van der Waals surface area contributed by atoms with Crippen LogP contribution in [0.5, 0.6) is 0 Å². The van der Waals surface area contributed by atoms with E-state index in [2.05, 4.69) is 52.2 Å². The van der Waals surface area contributed by atoms with Gasteiger partial charge in [0.15, 0.2) is 0 Å². The fraction of sp³-hybridized carbons (Fsp3) is 0.417. The number of amides is 1. The van der Waals surface area contributed by atoms with Crippen molar-refractivity contribution >= 4 is 28.5 Å². The lowest BCUT2D eigenvalue weighted by Gasteiger charge is -2.15. The third kappa shape index (κ3) is 4.94. The van der Waals surface area contributed by atoms with E-state index >= 15 is 0 Å². The average Bonchev–Trinajstić information content (AvgIpc) is 2.21. The minimum Gasteiger partial charge on any atom is -0.355 e. The molecule has 3 nitrogen and oxygen atoms in total. The molecule has 1 N–H and O–H groups in total. The maximum atomic E-state index is 11.3. The molecule has 0 aliphatic rings. The first-order valence-corrected chi connectivity index (χ1v) is 6.39. The minimum atomic E-state index is 0.0792. The molecule has 88 valence electrons. The second-order valence-corrected chi connectivity index (χ2v) is 5.00. The minimum absolute atomic E-state index is 0.0792. The summed E-state index contributed by atoms with van der Waals surface area (Å²) in [6.07, 6.45) is 0. The van der Waals surface area contributed by atoms with Crippen LogP contribution in [0.4, 0.5) is 0 Å². The SMILES string of the molecule is CCNC(=O)CN(C)Cc1ccc(I)cc1. The molecule has 0 saturated carbocycles. The normalized spacial score (nSPS) is 10.5. The van der Waals surface area contributed by atoms with Gasteiger partial charge in [0, 0.05) is 16.7 Å². The molecule has 0 radical (unpaired) electrons. The Bertz CT molecular complexity index is 337. The summed E-state index contributed by atoms with van der Waals surface area (Å²) in [6.45, 7) is 3.86. The standard InChI is InChI=1S/C12H17IN2O/c1-3-14-12(16)9-15(2)8-10-4-6-11(13)7-5-10/h4-7H,3,8-9H2,1-2H3,(H,14,16). The highest BCUT2D eigenvalue weighted by molar-refractivity contribution is 14.1. The summed E-state index contributed by atoms with van der Waals surface area (Å²) < 4.78 is 1.23. The Kier molecular flexibility index (Phi) is 5.76. The van der Waals surface area contributed by atoms with Crippen molar-refractivity contribution in [3.05, 3.63) is 33.4 Å². The van der Waals surface area contributed by atoms with Gasteiger partial charge < -0.3 is 5.32 Å². The van der Waals surface area contributed by atoms with Crippen molar-refractivity contribution in [2.45, 2.75) is 13.5 Å². The van der Waals surface area contributed by atoms with Gasteiger partial charge in [-0.2, -0.15) is 0 Å². The molecule has 0 bridgehead atoms. The van der Waals surface area contributed by atoms with Gasteiger partial charge in [-0.15, -0.1) is 0 Å². The number of benzene rings is 1. The third-order valence-corrected chi connectivity index (χ3v) is 2.87. The Balaban J connectivity index is 2.42. The zero-order valence-corrected chi connectivity index (χ0v) is 11.8. The first-order chi connectivity index (χ1) is 7.61. The summed E-state index contributed by atoms with van der Waals surface area (Å²) >= 11 is 2.28. The highest BCUT2D eigenvalue weighted by atomic mass is 127. The van der Waals surface area contributed by atoms with Gasteiger partial charge in [-0.3, -0.25) is 9.69 Å². The summed E-state index contributed by atoms with van der Waals surface area (Å²) in [4.78, 5) is 13.4. The zero-order chi connectivity index (χ0) is 12.0. The Morgan fingerprint density at radius 2 is 2.00 bits per heavy atom. The number of nitrogens with zero attached hydrogens (tertiary/aromatic N) is 1. The van der Waals surface area contributed by atoms with Crippen molar-refractivity contribution in [3.63, 3.8) is 0 Å². The highest BCUT2D eigenvalue weighted by Gasteiger charge is 2.05. The lowest BCUT2D eigenvalue weighted by Crippen LogP contribution is -2.34. The molecule has 0 fully saturated rings. The van der Waals surface area contributed by atoms with Crippen molar-refractivity contribution in [3.8, 4) is 0 Å². The highest BCUT2D eigenvalue weighted by Crippen LogP contribution is 2.08. The first kappa shape index (κ1) is 13.4. The van der Waals surface area contributed by atoms with Gasteiger partial charge in [0.1, 0.15) is 0 Å². The maximum absolute atomic E-state index is 11.3. The molecular weight excluding hydrogens is 315 g/mol. The number of halogens is 1. The quantitative estimate of drug-likeness (QED) is 0.835. The predicted molar refractivity (Wildman–Crippen MR) is 74.2 cm³/mol. The molecule has 0 unspecified atom stereocenters. The number of carbonyl (C=O) groups is 1. The van der Waals surface area contributed by atoms with Gasteiger partial charge in [0.05, 0.1) is 6.54 Å². The van der Waals surface area contributed by atoms with Crippen LogP contribution in [0.15, 0.2) is 24.3 Å². The summed E-state index contributed by atoms with van der Waals surface area (Å²) in [5, 5.41) is 2.79. The topological polar surface area (TPSA) is 32.3 Å². The number of likely N-dealkylation sites (N-methyl/N-ethyl adjacent to an activating group) is 2. The monoisotopic (exact) mass is 332 g/mol. The van der Waals surface area contributed by atoms with Crippen LogP contribution in [-0.2, 0) is 11.3 Å². The maximum Gasteiger partial charge on any atom is 0.234 e. The lowest BCUT2D eigenvalue weighted by molar-refractivity contribution is -0.121. The van der Waals surface area contributed by atoms with Gasteiger partial charge in [-0.25, -0.2) is 0 Å². The molecule has 1 aromatic carbocycles. The van der Waals surface area contributed by atoms with Crippen LogP contribution in [0.25, 0.3) is 0 Å². The van der Waals surface area contributed by atoms with Crippen molar-refractivity contribution in [1.29, 1.82) is 0 Å². The third-order valence-electron chi connectivity index (χ3n) is 2.15. The Labute approximate surface area is 110 Å². The van der Waals surface area contributed by atoms with Crippen molar-refractivity contribution in [2.24, 2.45) is 0 Å². The lowest BCUT2D eigenvalue weighted by atomic mass is 10.2. The first-order valence-electron chi connectivity index (χ1n) is 5.31. The molecule has 0 heterocycles. The van der Waals surface area contributed by atoms with E-state index in [1.807, 2.05) is 18.9 Å². The van der Waals surface area contributed by atoms with E-state index in [1.54, 1.807) is 0 Å². The Morgan fingerprint density at radius 1 is 1.38 bits per heavy atom. The molecule has 0 aliphatic heterocycles. The van der Waals surface area contributed by atoms with Gasteiger partial charge in [0.25, 0.3) is 0 Å². The second-order valence-electron chi connectivity index (χ2n) is 3.75. The van der Waals surface area contributed by atoms with E-state index in [9.17, 15) is 4.79 Å². The van der Waals surface area contributed by atoms with Crippen LogP contribution in [0.1, 0.15) is 12.5 Å². The van der Waals surface area contributed by atoms with Crippen molar-refractivity contribution in [2.75, 3.05) is 20.1 Å². The van der Waals surface area contributed by atoms with E-state index in [-0.39, 0.29) is 5.91 Å². The molecule has 0 saturated heterocycles. The van der Waals surface area contributed by atoms with Crippen molar-refractivity contribution < 1.29 is 4.79 Å². The van der Waals surface area contributed by atoms with E-state index < -0.39 is 0 Å². The van der Waals surface area contributed by atoms with E-state index in [4.69, 9.17) is 0 Å². The average molecular weight is 332 g/mol. The van der Waals surface area contributed by atoms with Crippen molar-refractivity contribution in [1.82, 2.24) is 10.2 Å². The molecule has 0 aromatic heterocycles. The predicted octanol–water partition coefficient (Wildman–Crippen LogP) is 1.86. The number of carbonyl (C=O) groups excluding carboxylic acids is 1. The molecule has 0 aliphatic carbocycles. The molecule has 1 rings (SSSR count). The van der Waals surface area contributed by atoms with Crippen LogP contribution in [0.2, 0.25) is 0 Å². The van der Waals surface area contributed by atoms with Gasteiger partial charge in [-0.1, -0.05) is 12.1 Å². The molecule has 1 aromatic rings. The van der Waals surface area contributed by atoms with E-state index in [0.29, 0.717) is 13.1 Å². The van der Waals surface area contributed by atoms with Crippen LogP contribution in [0.3, 0.4) is 0 Å². The largest absolute Gasteiger partial charge is 0.355 e. The van der Waals surface area contributed by atoms with Gasteiger partial charge in [-0.05, 0) is 54.3 Å². The van der Waals surface area contributed by atoms with Crippen LogP contribution in [-0.4, -0.2) is 30.9 Å². The van der Waals surface area contributed by atoms with E-state index in [0.717, 1.165) is 6.54 Å². The van der Waals surface area contributed by atoms with Crippen LogP contribution < -0.4 is 5.32 Å². The summed E-state index contributed by atoms with van der Waals surface area (Å²) in [7, 11) is 1.95. The summed E-state index contributed by atoms with van der Waals surface area (Å²) in [5.74, 6) is 0.0792. The number of hydrogen-bond donors (Lipinski definition) is 1. The van der Waals surface area contributed by atoms with Gasteiger partial charge in [0.2, 0.25) is 5.91 Å². The molecule has 4 heteroatoms. The number of rotatable bonds is 5. The molecular formula is C12H17IN2O. The Morgan fingerprint density at radius 3 is 2.56 bits per heavy atom. The van der Waals surface area contributed by atoms with Gasteiger partial charge >= 0.3 is 0 Å². The summed E-state index contributed by atoms with van der Waals surface area (Å²) in [5.41, 5.74) is 1.23. The molecule has 1 amide bonds. The molecule has 0 atom stereocenters. The zero-order valence-electron chi connectivity index (χ0n) is 9.66. The molecule has 16 heavy (non-hydrogen) atoms. The molecule has 0 spiro atoms. The fourth-order valence-electron chi connectivity index (χ4n) is 1.46. The fourth-order valence-corrected chi connectivity index (χ4v) is 1.82. The smallest absolute Gasteiger partial charge is 0.234 e. The Hall–Kier alpha value is -0.620. The van der Waals surface area contributed by atoms with E-state index in [1.165, 1.54) is 9.13 Å². The second kappa shape index (κ2) is 6.85. The number of nitrogens with one attached hydrogen (secondary N) is 1.